The molecule has 24 heavy (non-hydrogen) atoms. The predicted molar refractivity (Wildman–Crippen MR) is 101 cm³/mol. The number of hydrogen-bond donors (Lipinski definition) is 3. The van der Waals surface area contributed by atoms with Crippen molar-refractivity contribution in [3.63, 3.8) is 0 Å². The first kappa shape index (κ1) is 19.5. The van der Waals surface area contributed by atoms with Gasteiger partial charge in [-0.25, -0.2) is 0 Å². The molecule has 0 aromatic rings. The van der Waals surface area contributed by atoms with Crippen molar-refractivity contribution in [3.8, 4) is 0 Å². The zero-order valence-electron chi connectivity index (χ0n) is 16.1. The van der Waals surface area contributed by atoms with Crippen LogP contribution in [0.4, 0.5) is 0 Å². The Morgan fingerprint density at radius 2 is 1.96 bits per heavy atom. The van der Waals surface area contributed by atoms with Gasteiger partial charge >= 0.3 is 0 Å². The maximum atomic E-state index is 10.4. The number of hydrogen-bond acceptors (Lipinski definition) is 3. The fraction of sp³-hybridized carbons (Fsp3) is 0.947. The van der Waals surface area contributed by atoms with E-state index < -0.39 is 0 Å². The molecule has 0 amide bonds. The number of nitrogens with zero attached hydrogens (tertiary/aromatic N) is 2. The molecule has 3 N–H and O–H groups in total. The number of guanidine groups is 1. The molecule has 1 aliphatic carbocycles. The van der Waals surface area contributed by atoms with Crippen LogP contribution in [0.2, 0.25) is 0 Å². The van der Waals surface area contributed by atoms with Crippen molar-refractivity contribution >= 4 is 5.96 Å². The molecular weight excluding hydrogens is 300 g/mol. The largest absolute Gasteiger partial charge is 0.392 e. The molecule has 0 aromatic heterocycles. The van der Waals surface area contributed by atoms with Gasteiger partial charge in [-0.15, -0.1) is 0 Å². The van der Waals surface area contributed by atoms with Crippen LogP contribution in [0, 0.1) is 5.41 Å². The molecular formula is C19H38N4O. The van der Waals surface area contributed by atoms with Crippen molar-refractivity contribution in [2.45, 2.75) is 84.4 Å². The molecule has 2 aliphatic rings. The second kappa shape index (κ2) is 9.04. The lowest BCUT2D eigenvalue weighted by Crippen LogP contribution is -2.50. The molecule has 1 saturated heterocycles. The Morgan fingerprint density at radius 1 is 1.25 bits per heavy atom. The summed E-state index contributed by atoms with van der Waals surface area (Å²) in [5, 5.41) is 17.4. The summed E-state index contributed by atoms with van der Waals surface area (Å²) in [6.07, 6.45) is 6.47. The summed E-state index contributed by atoms with van der Waals surface area (Å²) in [5.41, 5.74) is -0.0678. The summed E-state index contributed by atoms with van der Waals surface area (Å²) in [5.74, 6) is 0.916. The van der Waals surface area contributed by atoms with E-state index in [9.17, 15) is 5.11 Å². The van der Waals surface area contributed by atoms with E-state index in [1.165, 1.54) is 19.3 Å². The highest BCUT2D eigenvalue weighted by Crippen LogP contribution is 2.36. The number of piperidine rings is 1. The van der Waals surface area contributed by atoms with Gasteiger partial charge in [0.25, 0.3) is 0 Å². The fourth-order valence-corrected chi connectivity index (χ4v) is 3.90. The van der Waals surface area contributed by atoms with E-state index in [2.05, 4.69) is 43.2 Å². The summed E-state index contributed by atoms with van der Waals surface area (Å²) < 4.78 is 0. The standard InChI is InChI=1S/C19H38N4O/c1-5-20-18(21-14-19(4)11-7-6-8-17(19)24)22-16-9-12-23(13-10-16)15(2)3/h15-17,24H,5-14H2,1-4H3,(H2,20,21,22). The van der Waals surface area contributed by atoms with Gasteiger partial charge in [0.15, 0.2) is 5.96 Å². The van der Waals surface area contributed by atoms with Crippen LogP contribution in [-0.2, 0) is 0 Å². The number of aliphatic hydroxyl groups excluding tert-OH is 1. The van der Waals surface area contributed by atoms with Crippen LogP contribution in [0.25, 0.3) is 0 Å². The number of nitrogens with one attached hydrogen (secondary N) is 2. The molecule has 0 aromatic carbocycles. The van der Waals surface area contributed by atoms with Gasteiger partial charge in [0.05, 0.1) is 12.6 Å². The Balaban J connectivity index is 1.89. The molecule has 0 spiro atoms. The number of aliphatic imine (C=N–C) groups is 1. The van der Waals surface area contributed by atoms with Gasteiger partial charge in [-0.1, -0.05) is 19.8 Å². The normalized spacial score (nSPS) is 30.6. The second-order valence-electron chi connectivity index (χ2n) is 8.16. The Labute approximate surface area is 148 Å². The van der Waals surface area contributed by atoms with Crippen LogP contribution in [0.15, 0.2) is 4.99 Å². The molecule has 0 radical (unpaired) electrons. The second-order valence-corrected chi connectivity index (χ2v) is 8.16. The maximum Gasteiger partial charge on any atom is 0.191 e. The molecule has 1 saturated carbocycles. The van der Waals surface area contributed by atoms with Crippen LogP contribution in [0.3, 0.4) is 0 Å². The molecule has 2 rings (SSSR count). The SMILES string of the molecule is CCNC(=NCC1(C)CCCCC1O)NC1CCN(C(C)C)CC1. The lowest BCUT2D eigenvalue weighted by atomic mass is 9.73. The van der Waals surface area contributed by atoms with Gasteiger partial charge in [0.2, 0.25) is 0 Å². The molecule has 2 unspecified atom stereocenters. The molecule has 5 heteroatoms. The van der Waals surface area contributed by atoms with Gasteiger partial charge in [0, 0.05) is 37.1 Å². The zero-order chi connectivity index (χ0) is 17.6. The average molecular weight is 339 g/mol. The van der Waals surface area contributed by atoms with Crippen LogP contribution in [0.5, 0.6) is 0 Å². The van der Waals surface area contributed by atoms with E-state index in [1.807, 2.05) is 0 Å². The van der Waals surface area contributed by atoms with E-state index in [0.717, 1.165) is 44.9 Å². The first-order valence-electron chi connectivity index (χ1n) is 9.91. The quantitative estimate of drug-likeness (QED) is 0.532. The fourth-order valence-electron chi connectivity index (χ4n) is 3.90. The van der Waals surface area contributed by atoms with Gasteiger partial charge in [-0.3, -0.25) is 4.99 Å². The van der Waals surface area contributed by atoms with Gasteiger partial charge < -0.3 is 20.6 Å². The minimum atomic E-state index is -0.216. The van der Waals surface area contributed by atoms with E-state index in [1.54, 1.807) is 0 Å². The van der Waals surface area contributed by atoms with Crippen LogP contribution >= 0.6 is 0 Å². The lowest BCUT2D eigenvalue weighted by Gasteiger charge is -2.38. The van der Waals surface area contributed by atoms with E-state index in [-0.39, 0.29) is 11.5 Å². The molecule has 140 valence electrons. The van der Waals surface area contributed by atoms with Crippen molar-refractivity contribution in [1.29, 1.82) is 0 Å². The topological polar surface area (TPSA) is 59.9 Å². The molecule has 1 heterocycles. The zero-order valence-corrected chi connectivity index (χ0v) is 16.1. The molecule has 2 atom stereocenters. The number of aliphatic hydroxyl groups is 1. The number of likely N-dealkylation sites (tertiary alicyclic amines) is 1. The summed E-state index contributed by atoms with van der Waals surface area (Å²) in [6, 6.07) is 1.14. The molecule has 2 fully saturated rings. The van der Waals surface area contributed by atoms with Crippen molar-refractivity contribution < 1.29 is 5.11 Å². The predicted octanol–water partition coefficient (Wildman–Crippen LogP) is 2.36. The molecule has 1 aliphatic heterocycles. The minimum Gasteiger partial charge on any atom is -0.392 e. The highest BCUT2D eigenvalue weighted by atomic mass is 16.3. The Hall–Kier alpha value is -0.810. The third-order valence-electron chi connectivity index (χ3n) is 5.82. The Bertz CT molecular complexity index is 404. The Kier molecular flexibility index (Phi) is 7.35. The van der Waals surface area contributed by atoms with Crippen LogP contribution < -0.4 is 10.6 Å². The van der Waals surface area contributed by atoms with Crippen molar-refractivity contribution in [1.82, 2.24) is 15.5 Å². The summed E-state index contributed by atoms with van der Waals surface area (Å²) in [4.78, 5) is 7.37. The first-order chi connectivity index (χ1) is 11.4. The van der Waals surface area contributed by atoms with Crippen molar-refractivity contribution in [2.75, 3.05) is 26.2 Å². The van der Waals surface area contributed by atoms with Gasteiger partial charge in [0.1, 0.15) is 0 Å². The van der Waals surface area contributed by atoms with Crippen LogP contribution in [0.1, 0.15) is 66.2 Å². The van der Waals surface area contributed by atoms with Crippen molar-refractivity contribution in [3.05, 3.63) is 0 Å². The van der Waals surface area contributed by atoms with E-state index in [4.69, 9.17) is 4.99 Å². The number of rotatable bonds is 5. The molecule has 0 bridgehead atoms. The monoisotopic (exact) mass is 338 g/mol. The summed E-state index contributed by atoms with van der Waals surface area (Å²) in [6.45, 7) is 12.7. The highest BCUT2D eigenvalue weighted by molar-refractivity contribution is 5.80. The van der Waals surface area contributed by atoms with Gasteiger partial charge in [-0.05, 0) is 46.5 Å². The van der Waals surface area contributed by atoms with Crippen molar-refractivity contribution in [2.24, 2.45) is 10.4 Å². The van der Waals surface area contributed by atoms with E-state index in [0.29, 0.717) is 18.6 Å². The van der Waals surface area contributed by atoms with E-state index >= 15 is 0 Å². The summed E-state index contributed by atoms with van der Waals surface area (Å²) >= 11 is 0. The van der Waals surface area contributed by atoms with Crippen LogP contribution in [-0.4, -0.2) is 60.3 Å². The highest BCUT2D eigenvalue weighted by Gasteiger charge is 2.35. The summed E-state index contributed by atoms with van der Waals surface area (Å²) in [7, 11) is 0. The van der Waals surface area contributed by atoms with Gasteiger partial charge in [-0.2, -0.15) is 0 Å². The Morgan fingerprint density at radius 3 is 2.54 bits per heavy atom. The average Bonchev–Trinajstić information content (AvgIpc) is 2.56. The minimum absolute atomic E-state index is 0.0678. The first-order valence-corrected chi connectivity index (χ1v) is 9.91. The smallest absolute Gasteiger partial charge is 0.191 e. The lowest BCUT2D eigenvalue weighted by molar-refractivity contribution is 0.00715. The molecule has 5 nitrogen and oxygen atoms in total. The maximum absolute atomic E-state index is 10.4. The third kappa shape index (κ3) is 5.35. The third-order valence-corrected chi connectivity index (χ3v) is 5.82.